The molecule has 0 aromatic heterocycles. The molecule has 128 valence electrons. The Kier molecular flexibility index (Phi) is 5.59. The van der Waals surface area contributed by atoms with Crippen LogP contribution in [0.5, 0.6) is 5.75 Å². The quantitative estimate of drug-likeness (QED) is 0.306. The van der Waals surface area contributed by atoms with E-state index in [0.29, 0.717) is 11.6 Å². The number of phenolic OH excluding ortho intramolecular Hbond substituents is 1. The van der Waals surface area contributed by atoms with Crippen LogP contribution in [0.1, 0.15) is 15.9 Å². The van der Waals surface area contributed by atoms with Gasteiger partial charge in [-0.25, -0.2) is 5.43 Å². The van der Waals surface area contributed by atoms with Crippen molar-refractivity contribution < 1.29 is 19.7 Å². The number of carbonyl (C=O) groups excluding carboxylic acids is 1. The maximum absolute atomic E-state index is 11.9. The average Bonchev–Trinajstić information content (AvgIpc) is 2.55. The van der Waals surface area contributed by atoms with Gasteiger partial charge in [0.15, 0.2) is 0 Å². The number of phenols is 1. The van der Waals surface area contributed by atoms with Gasteiger partial charge in [0.05, 0.1) is 27.7 Å². The Bertz CT molecular complexity index is 899. The standard InChI is InChI=1S/C14H9IN4O6/c15-10-3-1-2-8(4-10)14(21)17-16-7-9-5-11(18(22)23)6-12(13(9)20)19(24)25/h1-7,20H,(H,17,21)/b16-7+. The van der Waals surface area contributed by atoms with Crippen molar-refractivity contribution in [3.05, 3.63) is 71.3 Å². The van der Waals surface area contributed by atoms with Crippen LogP contribution in [0, 0.1) is 23.8 Å². The molecule has 0 fully saturated rings. The zero-order valence-corrected chi connectivity index (χ0v) is 14.4. The summed E-state index contributed by atoms with van der Waals surface area (Å²) in [5.41, 5.74) is 0.811. The fourth-order valence-electron chi connectivity index (χ4n) is 1.82. The van der Waals surface area contributed by atoms with E-state index in [-0.39, 0.29) is 5.56 Å². The number of hydrogen-bond donors (Lipinski definition) is 2. The molecule has 0 saturated heterocycles. The molecule has 0 spiro atoms. The number of rotatable bonds is 5. The second kappa shape index (κ2) is 7.65. The van der Waals surface area contributed by atoms with Gasteiger partial charge >= 0.3 is 5.69 Å². The lowest BCUT2D eigenvalue weighted by molar-refractivity contribution is -0.394. The lowest BCUT2D eigenvalue weighted by atomic mass is 10.1. The molecule has 2 aromatic rings. The second-order valence-electron chi connectivity index (χ2n) is 4.63. The number of carbonyl (C=O) groups is 1. The first-order chi connectivity index (χ1) is 11.8. The molecule has 1 amide bonds. The smallest absolute Gasteiger partial charge is 0.318 e. The third-order valence-corrected chi connectivity index (χ3v) is 3.64. The molecule has 0 aliphatic heterocycles. The van der Waals surface area contributed by atoms with Gasteiger partial charge in [-0.05, 0) is 40.8 Å². The number of nitrogens with zero attached hydrogens (tertiary/aromatic N) is 3. The molecule has 0 aliphatic carbocycles. The van der Waals surface area contributed by atoms with Crippen molar-refractivity contribution in [1.29, 1.82) is 0 Å². The predicted octanol–water partition coefficient (Wildman–Crippen LogP) is 2.58. The van der Waals surface area contributed by atoms with E-state index in [9.17, 15) is 30.1 Å². The first kappa shape index (κ1) is 18.3. The zero-order valence-electron chi connectivity index (χ0n) is 12.2. The second-order valence-corrected chi connectivity index (χ2v) is 5.87. The molecule has 0 aliphatic rings. The van der Waals surface area contributed by atoms with Crippen molar-refractivity contribution in [2.45, 2.75) is 0 Å². The number of nitro groups is 2. The number of aromatic hydroxyl groups is 1. The summed E-state index contributed by atoms with van der Waals surface area (Å²) in [5, 5.41) is 35.1. The molecule has 0 saturated carbocycles. The molecule has 10 nitrogen and oxygen atoms in total. The van der Waals surface area contributed by atoms with Crippen molar-refractivity contribution in [3.63, 3.8) is 0 Å². The summed E-state index contributed by atoms with van der Waals surface area (Å²) in [4.78, 5) is 31.8. The maximum Gasteiger partial charge on any atom is 0.318 e. The number of non-ortho nitro benzene ring substituents is 1. The topological polar surface area (TPSA) is 148 Å². The van der Waals surface area contributed by atoms with Crippen LogP contribution in [0.15, 0.2) is 41.5 Å². The Morgan fingerprint density at radius 3 is 2.52 bits per heavy atom. The SMILES string of the molecule is O=C(N/N=C/c1cc([N+](=O)[O-])cc([N+](=O)[O-])c1O)c1cccc(I)c1. The van der Waals surface area contributed by atoms with Crippen LogP contribution in [-0.2, 0) is 0 Å². The van der Waals surface area contributed by atoms with Crippen molar-refractivity contribution >= 4 is 46.1 Å². The van der Waals surface area contributed by atoms with E-state index >= 15 is 0 Å². The molecule has 25 heavy (non-hydrogen) atoms. The lowest BCUT2D eigenvalue weighted by Gasteiger charge is -2.02. The first-order valence-corrected chi connectivity index (χ1v) is 7.62. The molecule has 2 rings (SSSR count). The fraction of sp³-hybridized carbons (Fsp3) is 0. The third kappa shape index (κ3) is 4.47. The van der Waals surface area contributed by atoms with Crippen LogP contribution < -0.4 is 5.43 Å². The van der Waals surface area contributed by atoms with Gasteiger partial charge in [-0.3, -0.25) is 25.0 Å². The van der Waals surface area contributed by atoms with E-state index in [0.717, 1.165) is 15.9 Å². The molecule has 2 aromatic carbocycles. The van der Waals surface area contributed by atoms with Crippen LogP contribution in [0.25, 0.3) is 0 Å². The Hall–Kier alpha value is -3.09. The minimum atomic E-state index is -0.954. The fourth-order valence-corrected chi connectivity index (χ4v) is 2.37. The normalized spacial score (nSPS) is 10.6. The van der Waals surface area contributed by atoms with Gasteiger partial charge in [0.1, 0.15) is 0 Å². The molecule has 0 heterocycles. The molecule has 11 heteroatoms. The molecule has 0 unspecified atom stereocenters. The Morgan fingerprint density at radius 2 is 1.92 bits per heavy atom. The van der Waals surface area contributed by atoms with Crippen molar-refractivity contribution in [2.75, 3.05) is 0 Å². The highest BCUT2D eigenvalue weighted by atomic mass is 127. The van der Waals surface area contributed by atoms with Gasteiger partial charge in [0.2, 0.25) is 5.75 Å². The number of halogens is 1. The number of hydrazone groups is 1. The zero-order chi connectivity index (χ0) is 18.6. The van der Waals surface area contributed by atoms with Crippen LogP contribution in [0.3, 0.4) is 0 Å². The van der Waals surface area contributed by atoms with Gasteiger partial charge in [0, 0.05) is 15.2 Å². The lowest BCUT2D eigenvalue weighted by Crippen LogP contribution is -2.17. The van der Waals surface area contributed by atoms with E-state index < -0.39 is 32.9 Å². The number of hydrogen-bond acceptors (Lipinski definition) is 7. The summed E-state index contributed by atoms with van der Waals surface area (Å²) in [7, 11) is 0. The Balaban J connectivity index is 2.27. The monoisotopic (exact) mass is 456 g/mol. The van der Waals surface area contributed by atoms with E-state index in [1.807, 2.05) is 22.6 Å². The number of nitro benzene ring substituents is 2. The maximum atomic E-state index is 11.9. The van der Waals surface area contributed by atoms with E-state index in [2.05, 4.69) is 10.5 Å². The first-order valence-electron chi connectivity index (χ1n) is 6.54. The number of benzene rings is 2. The summed E-state index contributed by atoms with van der Waals surface area (Å²) in [6.45, 7) is 0. The molecule has 0 bridgehead atoms. The summed E-state index contributed by atoms with van der Waals surface area (Å²) in [6.07, 6.45) is 0.890. The minimum Gasteiger partial charge on any atom is -0.502 e. The number of nitrogens with one attached hydrogen (secondary N) is 1. The highest BCUT2D eigenvalue weighted by Crippen LogP contribution is 2.33. The van der Waals surface area contributed by atoms with Gasteiger partial charge < -0.3 is 5.11 Å². The molecule has 2 N–H and O–H groups in total. The van der Waals surface area contributed by atoms with E-state index in [1.165, 1.54) is 0 Å². The highest BCUT2D eigenvalue weighted by Gasteiger charge is 2.23. The van der Waals surface area contributed by atoms with Crippen LogP contribution >= 0.6 is 22.6 Å². The van der Waals surface area contributed by atoms with E-state index in [1.54, 1.807) is 24.3 Å². The van der Waals surface area contributed by atoms with Crippen molar-refractivity contribution in [2.24, 2.45) is 5.10 Å². The third-order valence-electron chi connectivity index (χ3n) is 2.97. The number of amides is 1. The Labute approximate surface area is 153 Å². The highest BCUT2D eigenvalue weighted by molar-refractivity contribution is 14.1. The predicted molar refractivity (Wildman–Crippen MR) is 95.6 cm³/mol. The molecule has 0 atom stereocenters. The molecule has 0 radical (unpaired) electrons. The summed E-state index contributed by atoms with van der Waals surface area (Å²) in [5.74, 6) is -1.34. The Morgan fingerprint density at radius 1 is 1.20 bits per heavy atom. The van der Waals surface area contributed by atoms with Gasteiger partial charge in [-0.2, -0.15) is 5.10 Å². The van der Waals surface area contributed by atoms with Gasteiger partial charge in [-0.1, -0.05) is 6.07 Å². The summed E-state index contributed by atoms with van der Waals surface area (Å²) < 4.78 is 0.834. The largest absolute Gasteiger partial charge is 0.502 e. The summed E-state index contributed by atoms with van der Waals surface area (Å²) in [6, 6.07) is 8.18. The van der Waals surface area contributed by atoms with E-state index in [4.69, 9.17) is 0 Å². The van der Waals surface area contributed by atoms with Crippen LogP contribution in [0.4, 0.5) is 11.4 Å². The van der Waals surface area contributed by atoms with Crippen LogP contribution in [-0.4, -0.2) is 27.1 Å². The van der Waals surface area contributed by atoms with Crippen LogP contribution in [0.2, 0.25) is 0 Å². The minimum absolute atomic E-state index is 0.274. The van der Waals surface area contributed by atoms with Crippen molar-refractivity contribution in [1.82, 2.24) is 5.43 Å². The molecular formula is C14H9IN4O6. The average molecular weight is 456 g/mol. The molecular weight excluding hydrogens is 447 g/mol. The van der Waals surface area contributed by atoms with Gasteiger partial charge in [-0.15, -0.1) is 0 Å². The van der Waals surface area contributed by atoms with Crippen molar-refractivity contribution in [3.8, 4) is 5.75 Å². The van der Waals surface area contributed by atoms with Gasteiger partial charge in [0.25, 0.3) is 11.6 Å². The summed E-state index contributed by atoms with van der Waals surface area (Å²) >= 11 is 2.03.